The van der Waals surface area contributed by atoms with E-state index < -0.39 is 11.5 Å². The molecule has 0 spiro atoms. The first-order valence-corrected chi connectivity index (χ1v) is 6.81. The second-order valence-electron chi connectivity index (χ2n) is 5.46. The molecule has 0 aliphatic carbocycles. The highest BCUT2D eigenvalue weighted by Gasteiger charge is 2.16. The number of rotatable bonds is 3. The summed E-state index contributed by atoms with van der Waals surface area (Å²) in [7, 11) is 0. The van der Waals surface area contributed by atoms with Gasteiger partial charge in [0.1, 0.15) is 5.56 Å². The Morgan fingerprint density at radius 1 is 1.05 bits per heavy atom. The zero-order valence-electron chi connectivity index (χ0n) is 12.7. The fourth-order valence-corrected chi connectivity index (χ4v) is 2.47. The molecular weight excluding hydrogens is 266 g/mol. The summed E-state index contributed by atoms with van der Waals surface area (Å²) >= 11 is 0. The number of carbonyl (C=O) groups is 1. The van der Waals surface area contributed by atoms with Crippen LogP contribution in [0.25, 0.3) is 0 Å². The number of carboxylic acid groups (broad SMARTS) is 1. The van der Waals surface area contributed by atoms with Crippen molar-refractivity contribution in [2.24, 2.45) is 0 Å². The number of carboxylic acids is 1. The Balaban J connectivity index is 2.54. The van der Waals surface area contributed by atoms with Gasteiger partial charge in [-0.3, -0.25) is 4.79 Å². The number of aromatic carboxylic acids is 1. The van der Waals surface area contributed by atoms with E-state index in [4.69, 9.17) is 0 Å². The van der Waals surface area contributed by atoms with E-state index in [0.29, 0.717) is 12.1 Å². The van der Waals surface area contributed by atoms with E-state index in [1.54, 1.807) is 13.0 Å². The van der Waals surface area contributed by atoms with Crippen molar-refractivity contribution in [1.29, 1.82) is 0 Å². The molecule has 0 aliphatic rings. The molecule has 0 amide bonds. The molecule has 0 fully saturated rings. The summed E-state index contributed by atoms with van der Waals surface area (Å²) in [5, 5.41) is 9.20. The molecule has 4 heteroatoms. The molecule has 0 saturated carbocycles. The Bertz CT molecular complexity index is 772. The third kappa shape index (κ3) is 2.89. The molecule has 2 aromatic rings. The van der Waals surface area contributed by atoms with Crippen LogP contribution in [-0.4, -0.2) is 15.6 Å². The van der Waals surface area contributed by atoms with E-state index >= 15 is 0 Å². The number of benzene rings is 1. The second kappa shape index (κ2) is 5.56. The average molecular weight is 285 g/mol. The van der Waals surface area contributed by atoms with Crippen LogP contribution in [0.4, 0.5) is 0 Å². The number of pyridine rings is 1. The van der Waals surface area contributed by atoms with E-state index in [1.807, 2.05) is 39.0 Å². The maximum Gasteiger partial charge on any atom is 0.341 e. The summed E-state index contributed by atoms with van der Waals surface area (Å²) < 4.78 is 1.51. The molecule has 0 radical (unpaired) electrons. The number of nitrogens with zero attached hydrogens (tertiary/aromatic N) is 1. The van der Waals surface area contributed by atoms with Gasteiger partial charge in [-0.05, 0) is 56.0 Å². The molecule has 4 nitrogen and oxygen atoms in total. The predicted molar refractivity (Wildman–Crippen MR) is 82.2 cm³/mol. The molecule has 1 aromatic heterocycles. The maximum absolute atomic E-state index is 12.4. The van der Waals surface area contributed by atoms with Gasteiger partial charge in [0.05, 0.1) is 6.54 Å². The average Bonchev–Trinajstić information content (AvgIpc) is 2.38. The largest absolute Gasteiger partial charge is 0.477 e. The van der Waals surface area contributed by atoms with Gasteiger partial charge in [0.25, 0.3) is 5.56 Å². The Kier molecular flexibility index (Phi) is 3.98. The minimum atomic E-state index is -1.17. The smallest absolute Gasteiger partial charge is 0.341 e. The lowest BCUT2D eigenvalue weighted by Crippen LogP contribution is -2.29. The molecule has 1 N–H and O–H groups in total. The Morgan fingerprint density at radius 2 is 1.71 bits per heavy atom. The highest BCUT2D eigenvalue weighted by molar-refractivity contribution is 5.88. The first kappa shape index (κ1) is 15.0. The summed E-state index contributed by atoms with van der Waals surface area (Å²) in [5.74, 6) is -1.17. The normalized spacial score (nSPS) is 10.7. The van der Waals surface area contributed by atoms with Crippen LogP contribution in [0.3, 0.4) is 0 Å². The fourth-order valence-electron chi connectivity index (χ4n) is 2.47. The Hall–Kier alpha value is -2.36. The molecule has 0 unspecified atom stereocenters. The van der Waals surface area contributed by atoms with Crippen molar-refractivity contribution in [3.8, 4) is 0 Å². The zero-order valence-corrected chi connectivity index (χ0v) is 12.7. The first-order chi connectivity index (χ1) is 9.81. The lowest BCUT2D eigenvalue weighted by atomic mass is 10.1. The lowest BCUT2D eigenvalue weighted by molar-refractivity contribution is 0.0693. The van der Waals surface area contributed by atoms with Crippen molar-refractivity contribution in [1.82, 2.24) is 4.57 Å². The van der Waals surface area contributed by atoms with Crippen LogP contribution in [0.15, 0.2) is 29.1 Å². The molecule has 2 rings (SSSR count). The van der Waals surface area contributed by atoms with Crippen LogP contribution in [0.2, 0.25) is 0 Å². The van der Waals surface area contributed by atoms with E-state index in [-0.39, 0.29) is 5.56 Å². The number of aromatic nitrogens is 1. The van der Waals surface area contributed by atoms with Gasteiger partial charge < -0.3 is 9.67 Å². The highest BCUT2D eigenvalue weighted by Crippen LogP contribution is 2.13. The van der Waals surface area contributed by atoms with Crippen molar-refractivity contribution in [2.75, 3.05) is 0 Å². The van der Waals surface area contributed by atoms with Gasteiger partial charge in [0.15, 0.2) is 0 Å². The molecule has 0 saturated heterocycles. The predicted octanol–water partition coefficient (Wildman–Crippen LogP) is 2.83. The van der Waals surface area contributed by atoms with Crippen LogP contribution in [0.5, 0.6) is 0 Å². The van der Waals surface area contributed by atoms with Crippen LogP contribution in [0, 0.1) is 27.7 Å². The van der Waals surface area contributed by atoms with Gasteiger partial charge in [0.2, 0.25) is 0 Å². The molecular formula is C17H19NO3. The number of aryl methyl sites for hydroxylation is 4. The van der Waals surface area contributed by atoms with Gasteiger partial charge >= 0.3 is 5.97 Å². The molecule has 0 atom stereocenters. The molecule has 0 aliphatic heterocycles. The highest BCUT2D eigenvalue weighted by atomic mass is 16.4. The standard InChI is InChI=1S/C17H19NO3/c1-10-5-6-14(8-11(10)2)9-18-13(4)7-12(3)15(16(18)19)17(20)21/h5-8H,9H2,1-4H3,(H,20,21). The number of hydrogen-bond acceptors (Lipinski definition) is 2. The Labute approximate surface area is 123 Å². The van der Waals surface area contributed by atoms with Gasteiger partial charge in [-0.1, -0.05) is 18.2 Å². The third-order valence-electron chi connectivity index (χ3n) is 3.83. The van der Waals surface area contributed by atoms with Crippen LogP contribution in [0.1, 0.15) is 38.3 Å². The Morgan fingerprint density at radius 3 is 2.29 bits per heavy atom. The van der Waals surface area contributed by atoms with Gasteiger partial charge in [-0.2, -0.15) is 0 Å². The quantitative estimate of drug-likeness (QED) is 0.943. The van der Waals surface area contributed by atoms with Crippen LogP contribution < -0.4 is 5.56 Å². The lowest BCUT2D eigenvalue weighted by Gasteiger charge is -2.13. The molecule has 0 bridgehead atoms. The summed E-state index contributed by atoms with van der Waals surface area (Å²) in [4.78, 5) is 23.6. The van der Waals surface area contributed by atoms with Gasteiger partial charge in [0, 0.05) is 5.69 Å². The monoisotopic (exact) mass is 285 g/mol. The maximum atomic E-state index is 12.4. The molecule has 1 heterocycles. The van der Waals surface area contributed by atoms with E-state index in [0.717, 1.165) is 16.8 Å². The minimum absolute atomic E-state index is 0.149. The van der Waals surface area contributed by atoms with Crippen molar-refractivity contribution in [2.45, 2.75) is 34.2 Å². The minimum Gasteiger partial charge on any atom is -0.477 e. The molecule has 21 heavy (non-hydrogen) atoms. The fraction of sp³-hybridized carbons (Fsp3) is 0.294. The SMILES string of the molecule is Cc1ccc(Cn2c(C)cc(C)c(C(=O)O)c2=O)cc1C. The van der Waals surface area contributed by atoms with Crippen molar-refractivity contribution < 1.29 is 9.90 Å². The van der Waals surface area contributed by atoms with E-state index in [2.05, 4.69) is 0 Å². The first-order valence-electron chi connectivity index (χ1n) is 6.81. The third-order valence-corrected chi connectivity index (χ3v) is 3.83. The summed E-state index contributed by atoms with van der Waals surface area (Å²) in [6.45, 7) is 7.91. The summed E-state index contributed by atoms with van der Waals surface area (Å²) in [6, 6.07) is 7.75. The van der Waals surface area contributed by atoms with E-state index in [9.17, 15) is 14.7 Å². The topological polar surface area (TPSA) is 59.3 Å². The second-order valence-corrected chi connectivity index (χ2v) is 5.46. The molecule has 1 aromatic carbocycles. The summed E-state index contributed by atoms with van der Waals surface area (Å²) in [6.07, 6.45) is 0. The van der Waals surface area contributed by atoms with Crippen molar-refractivity contribution in [3.63, 3.8) is 0 Å². The van der Waals surface area contributed by atoms with Crippen molar-refractivity contribution in [3.05, 3.63) is 68.1 Å². The zero-order chi connectivity index (χ0) is 15.7. The summed E-state index contributed by atoms with van der Waals surface area (Å²) in [5.41, 5.74) is 4.01. The molecule has 110 valence electrons. The van der Waals surface area contributed by atoms with Crippen LogP contribution in [-0.2, 0) is 6.54 Å². The van der Waals surface area contributed by atoms with Crippen LogP contribution >= 0.6 is 0 Å². The van der Waals surface area contributed by atoms with Gasteiger partial charge in [-0.25, -0.2) is 4.79 Å². The van der Waals surface area contributed by atoms with Gasteiger partial charge in [-0.15, -0.1) is 0 Å². The van der Waals surface area contributed by atoms with E-state index in [1.165, 1.54) is 10.1 Å². The number of hydrogen-bond donors (Lipinski definition) is 1. The van der Waals surface area contributed by atoms with Crippen molar-refractivity contribution >= 4 is 5.97 Å².